The third kappa shape index (κ3) is 3.58. The first kappa shape index (κ1) is 17.6. The average molecular weight is 362 g/mol. The molecule has 0 spiro atoms. The molecule has 0 saturated carbocycles. The number of fused-ring (bicyclic) bond motifs is 1. The Morgan fingerprint density at radius 2 is 2.04 bits per heavy atom. The molecule has 25 heavy (non-hydrogen) atoms. The zero-order valence-corrected chi connectivity index (χ0v) is 13.2. The van der Waals surface area contributed by atoms with Crippen LogP contribution >= 0.6 is 0 Å². The highest BCUT2D eigenvalue weighted by molar-refractivity contribution is 5.85. The van der Waals surface area contributed by atoms with E-state index in [1.807, 2.05) is 0 Å². The Morgan fingerprint density at radius 3 is 2.60 bits per heavy atom. The summed E-state index contributed by atoms with van der Waals surface area (Å²) in [6.07, 6.45) is -4.53. The van der Waals surface area contributed by atoms with E-state index in [9.17, 15) is 26.7 Å². The van der Waals surface area contributed by atoms with Crippen molar-refractivity contribution in [2.75, 3.05) is 26.7 Å². The van der Waals surface area contributed by atoms with Gasteiger partial charge in [0.2, 0.25) is 5.91 Å². The smallest absolute Gasteiger partial charge is 0.335 e. The molecular weight excluding hydrogens is 347 g/mol. The van der Waals surface area contributed by atoms with E-state index in [4.69, 9.17) is 0 Å². The number of aromatic nitrogens is 2. The molecule has 2 heterocycles. The van der Waals surface area contributed by atoms with Gasteiger partial charge in [-0.2, -0.15) is 18.3 Å². The SMILES string of the molecule is CN(CC(F)(F)F)C(=O)Cn1nc(C2CNC2)c2c(F)cc(F)cc21. The van der Waals surface area contributed by atoms with Crippen molar-refractivity contribution in [1.82, 2.24) is 20.0 Å². The third-order valence-corrected chi connectivity index (χ3v) is 4.09. The summed E-state index contributed by atoms with van der Waals surface area (Å²) in [7, 11) is 1.01. The molecule has 10 heteroatoms. The number of hydrogen-bond acceptors (Lipinski definition) is 3. The number of likely N-dealkylation sites (N-methyl/N-ethyl adjacent to an activating group) is 1. The standard InChI is InChI=1S/C15H15F5N4O/c1-23(7-15(18,19)20)12(25)6-24-11-3-9(16)2-10(17)13(11)14(22-24)8-4-21-5-8/h2-3,8,21H,4-7H2,1H3. The number of nitrogens with zero attached hydrogens (tertiary/aromatic N) is 3. The zero-order valence-electron chi connectivity index (χ0n) is 13.2. The molecular formula is C15H15F5N4O. The maximum atomic E-state index is 14.2. The van der Waals surface area contributed by atoms with Crippen LogP contribution in [-0.4, -0.2) is 53.4 Å². The number of carbonyl (C=O) groups excluding carboxylic acids is 1. The van der Waals surface area contributed by atoms with Gasteiger partial charge in [-0.05, 0) is 0 Å². The lowest BCUT2D eigenvalue weighted by Crippen LogP contribution is -2.40. The quantitative estimate of drug-likeness (QED) is 0.847. The van der Waals surface area contributed by atoms with Crippen LogP contribution in [0.2, 0.25) is 0 Å². The summed E-state index contributed by atoms with van der Waals surface area (Å²) < 4.78 is 66.0. The highest BCUT2D eigenvalue weighted by atomic mass is 19.4. The van der Waals surface area contributed by atoms with Crippen molar-refractivity contribution in [2.24, 2.45) is 0 Å². The summed E-state index contributed by atoms with van der Waals surface area (Å²) >= 11 is 0. The van der Waals surface area contributed by atoms with Crippen LogP contribution in [-0.2, 0) is 11.3 Å². The van der Waals surface area contributed by atoms with Crippen LogP contribution in [0.1, 0.15) is 11.6 Å². The Labute approximate surface area is 139 Å². The summed E-state index contributed by atoms with van der Waals surface area (Å²) in [5.74, 6) is -2.60. The van der Waals surface area contributed by atoms with Crippen LogP contribution in [0.4, 0.5) is 22.0 Å². The van der Waals surface area contributed by atoms with Gasteiger partial charge in [0.05, 0.1) is 16.6 Å². The molecule has 1 aliphatic heterocycles. The molecule has 1 saturated heterocycles. The van der Waals surface area contributed by atoms with Crippen molar-refractivity contribution in [3.8, 4) is 0 Å². The Hall–Kier alpha value is -2.23. The van der Waals surface area contributed by atoms with Gasteiger partial charge in [-0.3, -0.25) is 9.48 Å². The lowest BCUT2D eigenvalue weighted by atomic mass is 9.96. The number of amides is 1. The zero-order chi connectivity index (χ0) is 18.4. The molecule has 1 amide bonds. The minimum absolute atomic E-state index is 0.0492. The van der Waals surface area contributed by atoms with Gasteiger partial charge >= 0.3 is 6.18 Å². The predicted molar refractivity (Wildman–Crippen MR) is 79.0 cm³/mol. The van der Waals surface area contributed by atoms with Crippen LogP contribution in [0.25, 0.3) is 10.9 Å². The minimum Gasteiger partial charge on any atom is -0.335 e. The van der Waals surface area contributed by atoms with Crippen LogP contribution < -0.4 is 5.32 Å². The second kappa shape index (κ2) is 6.25. The minimum atomic E-state index is -4.53. The van der Waals surface area contributed by atoms with Crippen molar-refractivity contribution < 1.29 is 26.7 Å². The van der Waals surface area contributed by atoms with E-state index in [-0.39, 0.29) is 16.8 Å². The molecule has 1 aliphatic rings. The molecule has 0 bridgehead atoms. The van der Waals surface area contributed by atoms with Crippen molar-refractivity contribution in [3.05, 3.63) is 29.5 Å². The Balaban J connectivity index is 1.94. The molecule has 1 N–H and O–H groups in total. The summed E-state index contributed by atoms with van der Waals surface area (Å²) in [5, 5.41) is 7.27. The second-order valence-electron chi connectivity index (χ2n) is 6.04. The van der Waals surface area contributed by atoms with Gasteiger partial charge in [-0.15, -0.1) is 0 Å². The fourth-order valence-corrected chi connectivity index (χ4v) is 2.75. The molecule has 0 atom stereocenters. The van der Waals surface area contributed by atoms with Gasteiger partial charge in [0.25, 0.3) is 0 Å². The molecule has 5 nitrogen and oxygen atoms in total. The molecule has 0 radical (unpaired) electrons. The van der Waals surface area contributed by atoms with Crippen molar-refractivity contribution >= 4 is 16.8 Å². The van der Waals surface area contributed by atoms with Crippen LogP contribution in [0, 0.1) is 11.6 Å². The fraction of sp³-hybridized carbons (Fsp3) is 0.467. The van der Waals surface area contributed by atoms with Crippen LogP contribution in [0.15, 0.2) is 12.1 Å². The first-order valence-corrected chi connectivity index (χ1v) is 7.52. The van der Waals surface area contributed by atoms with E-state index in [0.717, 1.165) is 23.9 Å². The number of carbonyl (C=O) groups is 1. The maximum absolute atomic E-state index is 14.2. The molecule has 2 aromatic rings. The largest absolute Gasteiger partial charge is 0.406 e. The predicted octanol–water partition coefficient (Wildman–Crippen LogP) is 2.02. The van der Waals surface area contributed by atoms with Crippen LogP contribution in [0.5, 0.6) is 0 Å². The van der Waals surface area contributed by atoms with Gasteiger partial charge in [0.15, 0.2) is 0 Å². The number of alkyl halides is 3. The summed E-state index contributed by atoms with van der Waals surface area (Å²) in [6, 6.07) is 1.75. The molecule has 3 rings (SSSR count). The van der Waals surface area contributed by atoms with Gasteiger partial charge < -0.3 is 10.2 Å². The van der Waals surface area contributed by atoms with E-state index >= 15 is 0 Å². The van der Waals surface area contributed by atoms with Gasteiger partial charge in [-0.25, -0.2) is 8.78 Å². The van der Waals surface area contributed by atoms with E-state index in [1.54, 1.807) is 0 Å². The summed E-state index contributed by atoms with van der Waals surface area (Å²) in [4.78, 5) is 12.5. The highest BCUT2D eigenvalue weighted by Crippen LogP contribution is 2.30. The topological polar surface area (TPSA) is 50.2 Å². The maximum Gasteiger partial charge on any atom is 0.406 e. The van der Waals surface area contributed by atoms with E-state index in [0.29, 0.717) is 23.7 Å². The first-order chi connectivity index (χ1) is 11.7. The number of rotatable bonds is 4. The number of nitrogens with one attached hydrogen (secondary N) is 1. The lowest BCUT2D eigenvalue weighted by molar-refractivity contribution is -0.158. The van der Waals surface area contributed by atoms with Crippen molar-refractivity contribution in [3.63, 3.8) is 0 Å². The number of halogens is 5. The monoisotopic (exact) mass is 362 g/mol. The molecule has 1 aromatic carbocycles. The highest BCUT2D eigenvalue weighted by Gasteiger charge is 2.32. The molecule has 1 fully saturated rings. The van der Waals surface area contributed by atoms with Crippen molar-refractivity contribution in [1.29, 1.82) is 0 Å². The number of hydrogen-bond donors (Lipinski definition) is 1. The summed E-state index contributed by atoms with van der Waals surface area (Å²) in [6.45, 7) is -0.824. The second-order valence-corrected chi connectivity index (χ2v) is 6.04. The lowest BCUT2D eigenvalue weighted by Gasteiger charge is -2.25. The number of benzene rings is 1. The Morgan fingerprint density at radius 1 is 1.36 bits per heavy atom. The van der Waals surface area contributed by atoms with Gasteiger partial charge in [0, 0.05) is 38.2 Å². The fourth-order valence-electron chi connectivity index (χ4n) is 2.75. The van der Waals surface area contributed by atoms with E-state index < -0.39 is 36.8 Å². The van der Waals surface area contributed by atoms with Gasteiger partial charge in [-0.1, -0.05) is 0 Å². The third-order valence-electron chi connectivity index (χ3n) is 4.09. The molecule has 0 aliphatic carbocycles. The Bertz CT molecular complexity index is 812. The first-order valence-electron chi connectivity index (χ1n) is 7.52. The molecule has 1 aromatic heterocycles. The van der Waals surface area contributed by atoms with Crippen molar-refractivity contribution in [2.45, 2.75) is 18.6 Å². The molecule has 136 valence electrons. The van der Waals surface area contributed by atoms with E-state index in [1.165, 1.54) is 0 Å². The van der Waals surface area contributed by atoms with Gasteiger partial charge in [0.1, 0.15) is 24.7 Å². The average Bonchev–Trinajstić information content (AvgIpc) is 2.73. The summed E-state index contributed by atoms with van der Waals surface area (Å²) in [5.41, 5.74) is 0.422. The van der Waals surface area contributed by atoms with E-state index in [2.05, 4.69) is 10.4 Å². The van der Waals surface area contributed by atoms with Crippen LogP contribution in [0.3, 0.4) is 0 Å². The Kier molecular flexibility index (Phi) is 4.40. The normalized spacial score (nSPS) is 15.4. The molecule has 0 unspecified atom stereocenters.